The van der Waals surface area contributed by atoms with Gasteiger partial charge >= 0.3 is 5.97 Å². The van der Waals surface area contributed by atoms with E-state index in [1.165, 1.54) is 51.4 Å². The molecule has 0 aromatic carbocycles. The quantitative estimate of drug-likeness (QED) is 0.404. The minimum absolute atomic E-state index is 0.0102. The van der Waals surface area contributed by atoms with Crippen LogP contribution in [0.25, 0.3) is 0 Å². The second-order valence-electron chi connectivity index (χ2n) is 12.3. The SMILES string of the molecule is CC(=O)OC1CCCC2=CC=C3[C@@H]4CC[C@H]([C@H](C)CCCC(C)C)[C@@]4(C)CC[C@@H]3[C@]21C. The molecule has 174 valence electrons. The Hall–Kier alpha value is -1.05. The highest BCUT2D eigenvalue weighted by molar-refractivity contribution is 5.66. The largest absolute Gasteiger partial charge is 0.462 e. The molecular weight excluding hydrogens is 380 g/mol. The van der Waals surface area contributed by atoms with Crippen LogP contribution in [0.4, 0.5) is 0 Å². The summed E-state index contributed by atoms with van der Waals surface area (Å²) in [7, 11) is 0. The molecule has 0 heterocycles. The molecule has 4 aliphatic carbocycles. The van der Waals surface area contributed by atoms with E-state index in [0.29, 0.717) is 11.3 Å². The number of allylic oxidation sites excluding steroid dienone is 3. The summed E-state index contributed by atoms with van der Waals surface area (Å²) in [6.45, 7) is 13.9. The highest BCUT2D eigenvalue weighted by atomic mass is 16.5. The van der Waals surface area contributed by atoms with E-state index < -0.39 is 0 Å². The van der Waals surface area contributed by atoms with Crippen molar-refractivity contribution in [3.05, 3.63) is 23.3 Å². The predicted molar refractivity (Wildman–Crippen MR) is 129 cm³/mol. The maximum atomic E-state index is 11.9. The van der Waals surface area contributed by atoms with Gasteiger partial charge in [0.1, 0.15) is 6.10 Å². The molecule has 0 spiro atoms. The molecule has 0 aromatic heterocycles. The van der Waals surface area contributed by atoms with Crippen LogP contribution in [0.5, 0.6) is 0 Å². The van der Waals surface area contributed by atoms with Crippen molar-refractivity contribution in [1.82, 2.24) is 0 Å². The molecule has 0 saturated heterocycles. The zero-order chi connectivity index (χ0) is 22.4. The molecule has 2 heteroatoms. The van der Waals surface area contributed by atoms with Gasteiger partial charge in [-0.25, -0.2) is 0 Å². The van der Waals surface area contributed by atoms with Crippen molar-refractivity contribution in [3.8, 4) is 0 Å². The molecular formula is C29H46O2. The molecule has 0 aromatic rings. The molecule has 0 N–H and O–H groups in total. The maximum absolute atomic E-state index is 11.9. The summed E-state index contributed by atoms with van der Waals surface area (Å²) in [6, 6.07) is 0. The molecule has 0 aliphatic heterocycles. The topological polar surface area (TPSA) is 26.3 Å². The van der Waals surface area contributed by atoms with Gasteiger partial charge < -0.3 is 4.74 Å². The molecule has 31 heavy (non-hydrogen) atoms. The van der Waals surface area contributed by atoms with E-state index in [0.717, 1.165) is 36.5 Å². The minimum atomic E-state index is -0.111. The standard InChI is InChI=1S/C29H46O2/c1-19(2)9-7-10-20(3)24-15-16-25-23-14-13-22-11-8-12-27(31-21(4)30)29(22,6)26(23)17-18-28(24,25)5/h13-14,19-20,24-27H,7-12,15-18H2,1-6H3/t20-,24-,25+,26+,27?,28-,29+/m1/s1. The third kappa shape index (κ3) is 3.95. The van der Waals surface area contributed by atoms with E-state index in [-0.39, 0.29) is 17.5 Å². The zero-order valence-corrected chi connectivity index (χ0v) is 21.0. The summed E-state index contributed by atoms with van der Waals surface area (Å²) in [6.07, 6.45) is 17.9. The number of ether oxygens (including phenoxy) is 1. The summed E-state index contributed by atoms with van der Waals surface area (Å²) < 4.78 is 5.97. The summed E-state index contributed by atoms with van der Waals surface area (Å²) in [5.74, 6) is 3.69. The van der Waals surface area contributed by atoms with Crippen molar-refractivity contribution < 1.29 is 9.53 Å². The minimum Gasteiger partial charge on any atom is -0.462 e. The molecule has 0 amide bonds. The van der Waals surface area contributed by atoms with Crippen LogP contribution in [-0.4, -0.2) is 12.1 Å². The van der Waals surface area contributed by atoms with E-state index in [4.69, 9.17) is 4.74 Å². The lowest BCUT2D eigenvalue weighted by Gasteiger charge is -2.56. The van der Waals surface area contributed by atoms with Crippen LogP contribution in [0.1, 0.15) is 106 Å². The van der Waals surface area contributed by atoms with Crippen LogP contribution >= 0.6 is 0 Å². The molecule has 3 fully saturated rings. The van der Waals surface area contributed by atoms with Crippen LogP contribution in [0.3, 0.4) is 0 Å². The molecule has 0 radical (unpaired) electrons. The Labute approximate surface area is 191 Å². The zero-order valence-electron chi connectivity index (χ0n) is 21.0. The Morgan fingerprint density at radius 2 is 1.84 bits per heavy atom. The fraction of sp³-hybridized carbons (Fsp3) is 0.828. The first-order chi connectivity index (χ1) is 14.7. The summed E-state index contributed by atoms with van der Waals surface area (Å²) >= 11 is 0. The van der Waals surface area contributed by atoms with E-state index >= 15 is 0 Å². The van der Waals surface area contributed by atoms with Crippen LogP contribution in [0, 0.1) is 40.4 Å². The van der Waals surface area contributed by atoms with Crippen molar-refractivity contribution >= 4 is 5.97 Å². The molecule has 7 atom stereocenters. The van der Waals surface area contributed by atoms with Crippen molar-refractivity contribution in [2.75, 3.05) is 0 Å². The lowest BCUT2D eigenvalue weighted by Crippen LogP contribution is -2.51. The number of carbonyl (C=O) groups excluding carboxylic acids is 1. The van der Waals surface area contributed by atoms with Crippen molar-refractivity contribution in [1.29, 1.82) is 0 Å². The second-order valence-corrected chi connectivity index (χ2v) is 12.3. The Morgan fingerprint density at radius 1 is 1.06 bits per heavy atom. The molecule has 0 bridgehead atoms. The number of fused-ring (bicyclic) bond motifs is 5. The summed E-state index contributed by atoms with van der Waals surface area (Å²) in [4.78, 5) is 11.9. The van der Waals surface area contributed by atoms with E-state index in [1.807, 2.05) is 0 Å². The van der Waals surface area contributed by atoms with Crippen LogP contribution in [-0.2, 0) is 9.53 Å². The highest BCUT2D eigenvalue weighted by Gasteiger charge is 2.58. The van der Waals surface area contributed by atoms with Gasteiger partial charge in [-0.05, 0) is 80.0 Å². The number of carbonyl (C=O) groups is 1. The van der Waals surface area contributed by atoms with Crippen molar-refractivity contribution in [2.24, 2.45) is 40.4 Å². The number of hydrogen-bond donors (Lipinski definition) is 0. The average molecular weight is 427 g/mol. The van der Waals surface area contributed by atoms with E-state index in [1.54, 1.807) is 18.1 Å². The second kappa shape index (κ2) is 8.71. The van der Waals surface area contributed by atoms with Crippen LogP contribution < -0.4 is 0 Å². The van der Waals surface area contributed by atoms with Gasteiger partial charge in [0.25, 0.3) is 0 Å². The Balaban J connectivity index is 1.56. The first-order valence-corrected chi connectivity index (χ1v) is 13.3. The first-order valence-electron chi connectivity index (χ1n) is 13.3. The molecule has 2 nitrogen and oxygen atoms in total. The maximum Gasteiger partial charge on any atom is 0.302 e. The highest BCUT2D eigenvalue weighted by Crippen LogP contribution is 2.66. The van der Waals surface area contributed by atoms with Gasteiger partial charge in [-0.15, -0.1) is 0 Å². The smallest absolute Gasteiger partial charge is 0.302 e. The van der Waals surface area contributed by atoms with Gasteiger partial charge in [-0.2, -0.15) is 0 Å². The van der Waals surface area contributed by atoms with Crippen molar-refractivity contribution in [3.63, 3.8) is 0 Å². The van der Waals surface area contributed by atoms with Crippen LogP contribution in [0.2, 0.25) is 0 Å². The average Bonchev–Trinajstić information content (AvgIpc) is 3.05. The van der Waals surface area contributed by atoms with Gasteiger partial charge in [0.15, 0.2) is 0 Å². The molecule has 4 aliphatic rings. The fourth-order valence-electron chi connectivity index (χ4n) is 8.44. The van der Waals surface area contributed by atoms with Crippen LogP contribution in [0.15, 0.2) is 23.3 Å². The fourth-order valence-corrected chi connectivity index (χ4v) is 8.44. The number of hydrogen-bond acceptors (Lipinski definition) is 2. The van der Waals surface area contributed by atoms with E-state index in [2.05, 4.69) is 46.8 Å². The number of rotatable bonds is 6. The van der Waals surface area contributed by atoms with Crippen molar-refractivity contribution in [2.45, 2.75) is 112 Å². The van der Waals surface area contributed by atoms with Gasteiger partial charge in [-0.3, -0.25) is 4.79 Å². The van der Waals surface area contributed by atoms with E-state index in [9.17, 15) is 4.79 Å². The Morgan fingerprint density at radius 3 is 2.55 bits per heavy atom. The third-order valence-electron chi connectivity index (χ3n) is 10.1. The van der Waals surface area contributed by atoms with Gasteiger partial charge in [0.2, 0.25) is 0 Å². The predicted octanol–water partition coefficient (Wildman–Crippen LogP) is 7.88. The normalized spacial score (nSPS) is 40.4. The van der Waals surface area contributed by atoms with Gasteiger partial charge in [0.05, 0.1) is 0 Å². The van der Waals surface area contributed by atoms with Gasteiger partial charge in [-0.1, -0.05) is 77.2 Å². The third-order valence-corrected chi connectivity index (χ3v) is 10.1. The number of esters is 1. The Kier molecular flexibility index (Phi) is 6.50. The lowest BCUT2D eigenvalue weighted by molar-refractivity contribution is -0.156. The molecule has 3 saturated carbocycles. The monoisotopic (exact) mass is 426 g/mol. The molecule has 1 unspecified atom stereocenters. The van der Waals surface area contributed by atoms with Gasteiger partial charge in [0, 0.05) is 12.3 Å². The molecule has 4 rings (SSSR count). The first kappa shape index (κ1) is 23.1. The lowest BCUT2D eigenvalue weighted by atomic mass is 9.49. The summed E-state index contributed by atoms with van der Waals surface area (Å²) in [5.41, 5.74) is 3.71. The Bertz CT molecular complexity index is 746. The summed E-state index contributed by atoms with van der Waals surface area (Å²) in [5, 5.41) is 0.